The van der Waals surface area contributed by atoms with Gasteiger partial charge in [-0.2, -0.15) is 5.10 Å². The number of halogens is 1. The number of ether oxygens (including phenoxy) is 1. The summed E-state index contributed by atoms with van der Waals surface area (Å²) in [6, 6.07) is 12.6. The number of aliphatic hydroxyl groups excluding tert-OH is 1. The molecule has 0 saturated carbocycles. The Morgan fingerprint density at radius 2 is 2.03 bits per heavy atom. The Bertz CT molecular complexity index is 1410. The number of amides is 1. The van der Waals surface area contributed by atoms with E-state index in [-0.39, 0.29) is 35.6 Å². The predicted octanol–water partition coefficient (Wildman–Crippen LogP) is 2.75. The smallest absolute Gasteiger partial charge is 0.274 e. The molecule has 9 heteroatoms. The molecule has 0 unspecified atom stereocenters. The Kier molecular flexibility index (Phi) is 5.95. The highest BCUT2D eigenvalue weighted by Gasteiger charge is 2.19. The van der Waals surface area contributed by atoms with E-state index in [0.717, 1.165) is 17.5 Å². The Morgan fingerprint density at radius 3 is 2.82 bits per heavy atom. The van der Waals surface area contributed by atoms with Gasteiger partial charge in [-0.05, 0) is 53.3 Å². The Morgan fingerprint density at radius 1 is 1.21 bits per heavy atom. The maximum atomic E-state index is 13.3. The van der Waals surface area contributed by atoms with E-state index in [1.54, 1.807) is 18.3 Å². The van der Waals surface area contributed by atoms with Crippen molar-refractivity contribution in [3.63, 3.8) is 0 Å². The van der Waals surface area contributed by atoms with E-state index in [4.69, 9.17) is 4.74 Å². The average molecular weight is 462 g/mol. The maximum absolute atomic E-state index is 13.3. The van der Waals surface area contributed by atoms with Gasteiger partial charge in [-0.3, -0.25) is 9.59 Å². The van der Waals surface area contributed by atoms with Gasteiger partial charge >= 0.3 is 0 Å². The molecule has 0 spiro atoms. The van der Waals surface area contributed by atoms with Crippen LogP contribution in [0.2, 0.25) is 0 Å². The third-order valence-electron chi connectivity index (χ3n) is 5.99. The number of aromatic nitrogens is 3. The molecule has 0 saturated heterocycles. The molecule has 0 bridgehead atoms. The van der Waals surface area contributed by atoms with Gasteiger partial charge in [0.2, 0.25) is 0 Å². The summed E-state index contributed by atoms with van der Waals surface area (Å²) in [5.41, 5.74) is 4.29. The second kappa shape index (κ2) is 9.20. The maximum Gasteiger partial charge on any atom is 0.274 e. The zero-order valence-corrected chi connectivity index (χ0v) is 18.3. The van der Waals surface area contributed by atoms with Crippen molar-refractivity contribution >= 4 is 11.4 Å². The van der Waals surface area contributed by atoms with E-state index in [9.17, 15) is 19.1 Å². The fourth-order valence-corrected chi connectivity index (χ4v) is 4.18. The van der Waals surface area contributed by atoms with E-state index in [2.05, 4.69) is 15.4 Å². The standard InChI is InChI=1S/C25H23FN4O4/c26-19-5-3-16(4-6-19)20(7-9-31)27-24(32)21-12-23-25(33)28-22(13-30(23)29-21)17-2-1-15-8-10-34-14-18(15)11-17/h1-6,11-13,20,31H,7-10,14H2,(H,27,32)(H,28,33)/t20-/m1/s1. The van der Waals surface area contributed by atoms with Crippen LogP contribution in [-0.4, -0.2) is 38.8 Å². The van der Waals surface area contributed by atoms with E-state index in [1.807, 2.05) is 18.2 Å². The van der Waals surface area contributed by atoms with Crippen LogP contribution < -0.4 is 10.9 Å². The summed E-state index contributed by atoms with van der Waals surface area (Å²) in [6.07, 6.45) is 2.78. The van der Waals surface area contributed by atoms with Crippen LogP contribution in [0.15, 0.2) is 59.5 Å². The molecule has 1 atom stereocenters. The lowest BCUT2D eigenvalue weighted by Crippen LogP contribution is -2.29. The third-order valence-corrected chi connectivity index (χ3v) is 5.99. The molecule has 2 aromatic carbocycles. The molecule has 34 heavy (non-hydrogen) atoms. The first kappa shape index (κ1) is 22.0. The van der Waals surface area contributed by atoms with Crippen molar-refractivity contribution in [3.8, 4) is 11.3 Å². The summed E-state index contributed by atoms with van der Waals surface area (Å²) < 4.78 is 20.2. The highest BCUT2D eigenvalue weighted by Crippen LogP contribution is 2.24. The zero-order valence-electron chi connectivity index (χ0n) is 18.3. The molecule has 0 aliphatic carbocycles. The second-order valence-corrected chi connectivity index (χ2v) is 8.23. The normalized spacial score (nSPS) is 14.1. The lowest BCUT2D eigenvalue weighted by molar-refractivity contribution is 0.0924. The zero-order chi connectivity index (χ0) is 23.7. The van der Waals surface area contributed by atoms with Crippen molar-refractivity contribution in [1.29, 1.82) is 0 Å². The summed E-state index contributed by atoms with van der Waals surface area (Å²) in [7, 11) is 0. The van der Waals surface area contributed by atoms with Crippen LogP contribution in [0, 0.1) is 5.82 Å². The van der Waals surface area contributed by atoms with Crippen molar-refractivity contribution < 1.29 is 19.0 Å². The van der Waals surface area contributed by atoms with Crippen LogP contribution in [0.4, 0.5) is 4.39 Å². The van der Waals surface area contributed by atoms with Crippen molar-refractivity contribution in [2.75, 3.05) is 13.2 Å². The molecule has 4 aromatic rings. The molecule has 1 aliphatic rings. The largest absolute Gasteiger partial charge is 0.396 e. The van der Waals surface area contributed by atoms with Crippen molar-refractivity contribution in [2.24, 2.45) is 0 Å². The van der Waals surface area contributed by atoms with Gasteiger partial charge in [-0.15, -0.1) is 0 Å². The molecule has 8 nitrogen and oxygen atoms in total. The third kappa shape index (κ3) is 4.35. The van der Waals surface area contributed by atoms with Gasteiger partial charge in [0.1, 0.15) is 11.3 Å². The quantitative estimate of drug-likeness (QED) is 0.408. The number of carbonyl (C=O) groups excluding carboxylic acids is 1. The predicted molar refractivity (Wildman–Crippen MR) is 123 cm³/mol. The van der Waals surface area contributed by atoms with Crippen LogP contribution >= 0.6 is 0 Å². The summed E-state index contributed by atoms with van der Waals surface area (Å²) in [5.74, 6) is -0.891. The molecule has 3 N–H and O–H groups in total. The van der Waals surface area contributed by atoms with Gasteiger partial charge in [0.25, 0.3) is 11.5 Å². The van der Waals surface area contributed by atoms with Crippen molar-refractivity contribution in [3.05, 3.63) is 93.3 Å². The van der Waals surface area contributed by atoms with Crippen LogP contribution in [0.25, 0.3) is 16.8 Å². The number of aliphatic hydroxyl groups is 1. The number of benzene rings is 2. The first-order valence-electron chi connectivity index (χ1n) is 11.0. The summed E-state index contributed by atoms with van der Waals surface area (Å²) >= 11 is 0. The second-order valence-electron chi connectivity index (χ2n) is 8.23. The van der Waals surface area contributed by atoms with Gasteiger partial charge in [-0.1, -0.05) is 24.3 Å². The Balaban J connectivity index is 1.43. The number of fused-ring (bicyclic) bond motifs is 2. The first-order valence-corrected chi connectivity index (χ1v) is 11.0. The molecular formula is C25H23FN4O4. The number of nitrogens with zero attached hydrogens (tertiary/aromatic N) is 2. The lowest BCUT2D eigenvalue weighted by Gasteiger charge is -2.17. The number of rotatable bonds is 6. The van der Waals surface area contributed by atoms with Gasteiger partial charge in [0, 0.05) is 12.7 Å². The number of carbonyl (C=O) groups is 1. The monoisotopic (exact) mass is 462 g/mol. The molecule has 1 amide bonds. The fourth-order valence-electron chi connectivity index (χ4n) is 4.18. The number of nitrogens with one attached hydrogen (secondary N) is 2. The van der Waals surface area contributed by atoms with E-state index >= 15 is 0 Å². The first-order chi connectivity index (χ1) is 16.5. The molecule has 3 heterocycles. The summed E-state index contributed by atoms with van der Waals surface area (Å²) in [6.45, 7) is 1.07. The molecule has 174 valence electrons. The van der Waals surface area contributed by atoms with Crippen LogP contribution in [0.1, 0.15) is 39.6 Å². The summed E-state index contributed by atoms with van der Waals surface area (Å²) in [5, 5.41) is 16.5. The number of H-pyrrole nitrogens is 1. The van der Waals surface area contributed by atoms with Crippen molar-refractivity contribution in [2.45, 2.75) is 25.5 Å². The van der Waals surface area contributed by atoms with E-state index in [1.165, 1.54) is 28.3 Å². The minimum absolute atomic E-state index is 0.0616. The van der Waals surface area contributed by atoms with Crippen LogP contribution in [-0.2, 0) is 17.8 Å². The number of hydrogen-bond donors (Lipinski definition) is 3. The van der Waals surface area contributed by atoms with Crippen molar-refractivity contribution in [1.82, 2.24) is 19.9 Å². The molecule has 5 rings (SSSR count). The average Bonchev–Trinajstić information content (AvgIpc) is 3.29. The van der Waals surface area contributed by atoms with E-state index < -0.39 is 11.9 Å². The lowest BCUT2D eigenvalue weighted by atomic mass is 9.99. The molecule has 1 aliphatic heterocycles. The van der Waals surface area contributed by atoms with Crippen LogP contribution in [0.3, 0.4) is 0 Å². The van der Waals surface area contributed by atoms with Gasteiger partial charge in [0.05, 0.1) is 31.1 Å². The minimum atomic E-state index is -0.533. The van der Waals surface area contributed by atoms with E-state index in [0.29, 0.717) is 24.5 Å². The summed E-state index contributed by atoms with van der Waals surface area (Å²) in [4.78, 5) is 28.5. The van der Waals surface area contributed by atoms with Crippen LogP contribution in [0.5, 0.6) is 0 Å². The SMILES string of the molecule is O=C(N[C@H](CCO)c1ccc(F)cc1)c1cc2c(=O)[nH]c(-c3ccc4c(c3)COCC4)cn2n1. The Labute approximate surface area is 194 Å². The molecule has 2 aromatic heterocycles. The van der Waals surface area contributed by atoms with Gasteiger partial charge in [-0.25, -0.2) is 8.91 Å². The van der Waals surface area contributed by atoms with Gasteiger partial charge < -0.3 is 20.1 Å². The fraction of sp³-hybridized carbons (Fsp3) is 0.240. The minimum Gasteiger partial charge on any atom is -0.396 e. The highest BCUT2D eigenvalue weighted by atomic mass is 19.1. The molecular weight excluding hydrogens is 439 g/mol. The topological polar surface area (TPSA) is 109 Å². The molecule has 0 fully saturated rings. The number of hydrogen-bond acceptors (Lipinski definition) is 5. The van der Waals surface area contributed by atoms with Gasteiger partial charge in [0.15, 0.2) is 5.69 Å². The molecule has 0 radical (unpaired) electrons. The highest BCUT2D eigenvalue weighted by molar-refractivity contribution is 5.93. The Hall–Kier alpha value is -3.82. The number of aromatic amines is 1.